The van der Waals surface area contributed by atoms with Crippen LogP contribution in [0.3, 0.4) is 0 Å². The Labute approximate surface area is 147 Å². The number of aromatic nitrogens is 1. The second-order valence-electron chi connectivity index (χ2n) is 6.15. The minimum Gasteiger partial charge on any atom is -0.374 e. The van der Waals surface area contributed by atoms with Gasteiger partial charge in [0.1, 0.15) is 0 Å². The molecule has 1 amide bonds. The highest BCUT2D eigenvalue weighted by Crippen LogP contribution is 2.18. The summed E-state index contributed by atoms with van der Waals surface area (Å²) >= 11 is 0. The van der Waals surface area contributed by atoms with Crippen molar-refractivity contribution in [2.75, 3.05) is 32.5 Å². The number of carbonyl (C=O) groups excluding carboxylic acids is 1. The van der Waals surface area contributed by atoms with Crippen LogP contribution in [0.2, 0.25) is 0 Å². The first-order chi connectivity index (χ1) is 11.8. The Hall–Kier alpha value is -2.03. The highest BCUT2D eigenvalue weighted by Gasteiger charge is 2.27. The Morgan fingerprint density at radius 3 is 2.92 bits per heavy atom. The molecule has 2 aromatic rings. The van der Waals surface area contributed by atoms with E-state index < -0.39 is 10.0 Å². The van der Waals surface area contributed by atoms with E-state index in [1.54, 1.807) is 6.07 Å². The molecule has 1 aromatic carbocycles. The smallest absolute Gasteiger partial charge is 0.252 e. The number of fused-ring (bicyclic) bond motifs is 1. The highest BCUT2D eigenvalue weighted by molar-refractivity contribution is 7.88. The lowest BCUT2D eigenvalue weighted by Gasteiger charge is -2.31. The normalized spacial score (nSPS) is 19.0. The SMILES string of the molecule is Cc1cc(C(=O)NC[C@@H]2CN(S(C)(=O)=O)CCO2)c2ccccc2n1. The number of para-hydroxylation sites is 1. The van der Waals surface area contributed by atoms with Crippen LogP contribution in [0, 0.1) is 6.92 Å². The first-order valence-electron chi connectivity index (χ1n) is 8.06. The second kappa shape index (κ2) is 7.07. The van der Waals surface area contributed by atoms with E-state index in [9.17, 15) is 13.2 Å². The average molecular weight is 363 g/mol. The third kappa shape index (κ3) is 4.15. The number of sulfonamides is 1. The van der Waals surface area contributed by atoms with Crippen LogP contribution in [0.25, 0.3) is 10.9 Å². The predicted molar refractivity (Wildman–Crippen MR) is 95.0 cm³/mol. The Morgan fingerprint density at radius 2 is 2.16 bits per heavy atom. The van der Waals surface area contributed by atoms with Gasteiger partial charge in [0.05, 0.1) is 30.0 Å². The highest BCUT2D eigenvalue weighted by atomic mass is 32.2. The Bertz CT molecular complexity index is 898. The van der Waals surface area contributed by atoms with Crippen molar-refractivity contribution >= 4 is 26.8 Å². The lowest BCUT2D eigenvalue weighted by Crippen LogP contribution is -2.49. The molecule has 1 fully saturated rings. The number of benzene rings is 1. The number of hydrogen-bond donors (Lipinski definition) is 1. The third-order valence-electron chi connectivity index (χ3n) is 4.15. The van der Waals surface area contributed by atoms with Gasteiger partial charge in [0.2, 0.25) is 10.0 Å². The van der Waals surface area contributed by atoms with Crippen molar-refractivity contribution in [1.29, 1.82) is 0 Å². The molecule has 25 heavy (non-hydrogen) atoms. The van der Waals surface area contributed by atoms with Crippen molar-refractivity contribution in [3.05, 3.63) is 41.6 Å². The van der Waals surface area contributed by atoms with Gasteiger partial charge >= 0.3 is 0 Å². The number of ether oxygens (including phenoxy) is 1. The molecule has 134 valence electrons. The number of nitrogens with zero attached hydrogens (tertiary/aromatic N) is 2. The number of nitrogens with one attached hydrogen (secondary N) is 1. The van der Waals surface area contributed by atoms with Gasteiger partial charge in [-0.1, -0.05) is 18.2 Å². The number of hydrogen-bond acceptors (Lipinski definition) is 5. The lowest BCUT2D eigenvalue weighted by atomic mass is 10.1. The van der Waals surface area contributed by atoms with Gasteiger partial charge in [-0.15, -0.1) is 0 Å². The van der Waals surface area contributed by atoms with Crippen LogP contribution in [0.5, 0.6) is 0 Å². The van der Waals surface area contributed by atoms with Gasteiger partial charge < -0.3 is 10.1 Å². The van der Waals surface area contributed by atoms with Crippen molar-refractivity contribution in [2.45, 2.75) is 13.0 Å². The van der Waals surface area contributed by atoms with E-state index >= 15 is 0 Å². The quantitative estimate of drug-likeness (QED) is 0.873. The zero-order valence-corrected chi connectivity index (χ0v) is 15.0. The maximum absolute atomic E-state index is 12.6. The summed E-state index contributed by atoms with van der Waals surface area (Å²) in [6.07, 6.45) is 0.821. The Kier molecular flexibility index (Phi) is 5.03. The first-order valence-corrected chi connectivity index (χ1v) is 9.91. The summed E-state index contributed by atoms with van der Waals surface area (Å²) in [6, 6.07) is 9.23. The van der Waals surface area contributed by atoms with E-state index in [1.165, 1.54) is 10.6 Å². The van der Waals surface area contributed by atoms with Gasteiger partial charge in [-0.05, 0) is 19.1 Å². The molecule has 0 unspecified atom stereocenters. The number of carbonyl (C=O) groups is 1. The van der Waals surface area contributed by atoms with Gasteiger partial charge in [-0.3, -0.25) is 9.78 Å². The molecule has 1 saturated heterocycles. The molecular formula is C17H21N3O4S. The standard InChI is InChI=1S/C17H21N3O4S/c1-12-9-15(14-5-3-4-6-16(14)19-12)17(21)18-10-13-11-20(7-8-24-13)25(2,22)23/h3-6,9,13H,7-8,10-11H2,1-2H3,(H,18,21)/t13-/m1/s1. The molecule has 1 atom stereocenters. The van der Waals surface area contributed by atoms with Crippen LogP contribution in [0.1, 0.15) is 16.1 Å². The van der Waals surface area contributed by atoms with Gasteiger partial charge in [-0.2, -0.15) is 4.31 Å². The summed E-state index contributed by atoms with van der Waals surface area (Å²) in [5, 5.41) is 3.63. The zero-order chi connectivity index (χ0) is 18.0. The third-order valence-corrected chi connectivity index (χ3v) is 5.42. The Morgan fingerprint density at radius 1 is 1.40 bits per heavy atom. The maximum atomic E-state index is 12.6. The molecule has 1 aliphatic heterocycles. The molecule has 0 bridgehead atoms. The molecular weight excluding hydrogens is 342 g/mol. The zero-order valence-electron chi connectivity index (χ0n) is 14.2. The van der Waals surface area contributed by atoms with E-state index in [0.717, 1.165) is 16.6 Å². The summed E-state index contributed by atoms with van der Waals surface area (Å²) < 4.78 is 30.2. The van der Waals surface area contributed by atoms with Crippen molar-refractivity contribution in [1.82, 2.24) is 14.6 Å². The fourth-order valence-electron chi connectivity index (χ4n) is 2.91. The predicted octanol–water partition coefficient (Wildman–Crippen LogP) is 0.933. The van der Waals surface area contributed by atoms with Crippen molar-refractivity contribution in [3.8, 4) is 0 Å². The molecule has 0 radical (unpaired) electrons. The van der Waals surface area contributed by atoms with E-state index in [0.29, 0.717) is 18.7 Å². The van der Waals surface area contributed by atoms with Crippen molar-refractivity contribution < 1.29 is 17.9 Å². The summed E-state index contributed by atoms with van der Waals surface area (Å²) in [6.45, 7) is 3.01. The van der Waals surface area contributed by atoms with E-state index in [1.807, 2.05) is 31.2 Å². The Balaban J connectivity index is 1.71. The van der Waals surface area contributed by atoms with Crippen LogP contribution in [-0.4, -0.2) is 62.2 Å². The molecule has 7 nitrogen and oxygen atoms in total. The largest absolute Gasteiger partial charge is 0.374 e. The van der Waals surface area contributed by atoms with Gasteiger partial charge in [0.15, 0.2) is 0 Å². The van der Waals surface area contributed by atoms with Gasteiger partial charge in [0, 0.05) is 30.7 Å². The molecule has 1 N–H and O–H groups in total. The second-order valence-corrected chi connectivity index (χ2v) is 8.13. The number of pyridine rings is 1. The van der Waals surface area contributed by atoms with Crippen LogP contribution in [0.4, 0.5) is 0 Å². The molecule has 3 rings (SSSR count). The summed E-state index contributed by atoms with van der Waals surface area (Å²) in [5.41, 5.74) is 2.09. The topological polar surface area (TPSA) is 88.6 Å². The minimum atomic E-state index is -3.25. The average Bonchev–Trinajstić information content (AvgIpc) is 2.58. The number of morpholine rings is 1. The molecule has 0 saturated carbocycles. The molecule has 2 heterocycles. The molecule has 1 aliphatic rings. The monoisotopic (exact) mass is 363 g/mol. The fraction of sp³-hybridized carbons (Fsp3) is 0.412. The number of amides is 1. The lowest BCUT2D eigenvalue weighted by molar-refractivity contribution is 0.000447. The number of rotatable bonds is 4. The molecule has 0 aliphatic carbocycles. The molecule has 1 aromatic heterocycles. The molecule has 8 heteroatoms. The van der Waals surface area contributed by atoms with Crippen LogP contribution in [0.15, 0.2) is 30.3 Å². The van der Waals surface area contributed by atoms with E-state index in [4.69, 9.17) is 4.74 Å². The van der Waals surface area contributed by atoms with Crippen molar-refractivity contribution in [2.24, 2.45) is 0 Å². The molecule has 0 spiro atoms. The summed E-state index contributed by atoms with van der Waals surface area (Å²) in [7, 11) is -3.25. The van der Waals surface area contributed by atoms with Crippen molar-refractivity contribution in [3.63, 3.8) is 0 Å². The fourth-order valence-corrected chi connectivity index (χ4v) is 3.76. The van der Waals surface area contributed by atoms with E-state index in [-0.39, 0.29) is 25.1 Å². The van der Waals surface area contributed by atoms with Gasteiger partial charge in [-0.25, -0.2) is 8.42 Å². The van der Waals surface area contributed by atoms with Crippen LogP contribution in [-0.2, 0) is 14.8 Å². The van der Waals surface area contributed by atoms with Gasteiger partial charge in [0.25, 0.3) is 5.91 Å². The maximum Gasteiger partial charge on any atom is 0.252 e. The van der Waals surface area contributed by atoms with Crippen LogP contribution < -0.4 is 5.32 Å². The minimum absolute atomic E-state index is 0.221. The summed E-state index contributed by atoms with van der Waals surface area (Å²) in [4.78, 5) is 17.0. The van der Waals surface area contributed by atoms with Crippen LogP contribution >= 0.6 is 0 Å². The number of aryl methyl sites for hydroxylation is 1. The summed E-state index contributed by atoms with van der Waals surface area (Å²) in [5.74, 6) is -0.221. The van der Waals surface area contributed by atoms with E-state index in [2.05, 4.69) is 10.3 Å². The first kappa shape index (κ1) is 17.8.